The largest absolute Gasteiger partial charge is 0.373 e. The van der Waals surface area contributed by atoms with Gasteiger partial charge in [-0.25, -0.2) is 0 Å². The van der Waals surface area contributed by atoms with Gasteiger partial charge < -0.3 is 15.4 Å². The summed E-state index contributed by atoms with van der Waals surface area (Å²) in [6, 6.07) is 8.70. The number of hydrogen-bond donors (Lipinski definition) is 2. The van der Waals surface area contributed by atoms with Crippen molar-refractivity contribution < 1.29 is 4.74 Å². The van der Waals surface area contributed by atoms with Gasteiger partial charge in [0.15, 0.2) is 5.96 Å². The molecule has 0 radical (unpaired) electrons. The molecule has 130 valence electrons. The van der Waals surface area contributed by atoms with E-state index in [1.165, 1.54) is 11.1 Å². The molecule has 0 saturated carbocycles. The van der Waals surface area contributed by atoms with Gasteiger partial charge in [-0.2, -0.15) is 0 Å². The third-order valence-corrected chi connectivity index (χ3v) is 4.04. The van der Waals surface area contributed by atoms with Crippen LogP contribution in [0.15, 0.2) is 29.3 Å². The summed E-state index contributed by atoms with van der Waals surface area (Å²) in [4.78, 5) is 4.68. The lowest BCUT2D eigenvalue weighted by Crippen LogP contribution is -2.40. The molecule has 2 rings (SSSR count). The van der Waals surface area contributed by atoms with E-state index in [0.717, 1.165) is 44.9 Å². The van der Waals surface area contributed by atoms with Gasteiger partial charge in [0.05, 0.1) is 12.1 Å². The van der Waals surface area contributed by atoms with Crippen molar-refractivity contribution >= 4 is 29.9 Å². The zero-order chi connectivity index (χ0) is 15.8. The van der Waals surface area contributed by atoms with Gasteiger partial charge in [-0.3, -0.25) is 4.99 Å². The van der Waals surface area contributed by atoms with E-state index in [1.54, 1.807) is 0 Å². The highest BCUT2D eigenvalue weighted by Gasteiger charge is 2.29. The maximum Gasteiger partial charge on any atom is 0.191 e. The van der Waals surface area contributed by atoms with E-state index in [-0.39, 0.29) is 29.6 Å². The summed E-state index contributed by atoms with van der Waals surface area (Å²) in [7, 11) is 0. The van der Waals surface area contributed by atoms with Crippen molar-refractivity contribution in [3.05, 3.63) is 35.4 Å². The second-order valence-electron chi connectivity index (χ2n) is 6.26. The Bertz CT molecular complexity index is 482. The average Bonchev–Trinajstić information content (AvgIpc) is 2.94. The van der Waals surface area contributed by atoms with Crippen LogP contribution in [0.25, 0.3) is 0 Å². The van der Waals surface area contributed by atoms with Gasteiger partial charge in [-0.1, -0.05) is 29.8 Å². The molecule has 4 nitrogen and oxygen atoms in total. The summed E-state index contributed by atoms with van der Waals surface area (Å²) in [6.07, 6.45) is 3.24. The summed E-state index contributed by atoms with van der Waals surface area (Å²) in [5.74, 6) is 0.881. The Morgan fingerprint density at radius 3 is 2.61 bits per heavy atom. The van der Waals surface area contributed by atoms with Crippen LogP contribution >= 0.6 is 24.0 Å². The van der Waals surface area contributed by atoms with E-state index in [0.29, 0.717) is 6.54 Å². The van der Waals surface area contributed by atoms with E-state index in [2.05, 4.69) is 60.7 Å². The predicted octanol–water partition coefficient (Wildman–Crippen LogP) is 3.28. The first-order valence-corrected chi connectivity index (χ1v) is 8.33. The lowest BCUT2D eigenvalue weighted by molar-refractivity contribution is 0.0283. The van der Waals surface area contributed by atoms with Crippen LogP contribution in [-0.2, 0) is 11.2 Å². The third kappa shape index (κ3) is 7.08. The molecule has 1 fully saturated rings. The predicted molar refractivity (Wildman–Crippen MR) is 108 cm³/mol. The van der Waals surface area contributed by atoms with Crippen molar-refractivity contribution in [3.8, 4) is 0 Å². The Morgan fingerprint density at radius 2 is 2.00 bits per heavy atom. The molecule has 23 heavy (non-hydrogen) atoms. The molecule has 1 aromatic carbocycles. The van der Waals surface area contributed by atoms with Gasteiger partial charge in [0.25, 0.3) is 0 Å². The number of guanidine groups is 1. The van der Waals surface area contributed by atoms with E-state index in [4.69, 9.17) is 4.74 Å². The van der Waals surface area contributed by atoms with Crippen LogP contribution in [0.3, 0.4) is 0 Å². The molecule has 0 spiro atoms. The number of rotatable bonds is 6. The first-order valence-electron chi connectivity index (χ1n) is 8.33. The zero-order valence-corrected chi connectivity index (χ0v) is 16.9. The van der Waals surface area contributed by atoms with Crippen molar-refractivity contribution in [2.24, 2.45) is 4.99 Å². The lowest BCUT2D eigenvalue weighted by Gasteiger charge is -2.21. The summed E-state index contributed by atoms with van der Waals surface area (Å²) < 4.78 is 5.79. The second-order valence-corrected chi connectivity index (χ2v) is 6.26. The number of nitrogens with one attached hydrogen (secondary N) is 2. The van der Waals surface area contributed by atoms with Crippen LogP contribution < -0.4 is 10.6 Å². The number of ether oxygens (including phenoxy) is 1. The lowest BCUT2D eigenvalue weighted by atomic mass is 10.0. The summed E-state index contributed by atoms with van der Waals surface area (Å²) in [6.45, 7) is 9.69. The molecule has 0 amide bonds. The molecule has 5 heteroatoms. The monoisotopic (exact) mass is 431 g/mol. The Kier molecular flexibility index (Phi) is 8.91. The van der Waals surface area contributed by atoms with Crippen LogP contribution in [-0.4, -0.2) is 37.8 Å². The molecule has 1 unspecified atom stereocenters. The molecule has 1 heterocycles. The van der Waals surface area contributed by atoms with Crippen LogP contribution in [0.2, 0.25) is 0 Å². The van der Waals surface area contributed by atoms with Gasteiger partial charge in [0.1, 0.15) is 0 Å². The highest BCUT2D eigenvalue weighted by Crippen LogP contribution is 2.24. The topological polar surface area (TPSA) is 45.7 Å². The first kappa shape index (κ1) is 20.2. The Balaban J connectivity index is 0.00000264. The van der Waals surface area contributed by atoms with Gasteiger partial charge >= 0.3 is 0 Å². The van der Waals surface area contributed by atoms with E-state index in [9.17, 15) is 0 Å². The van der Waals surface area contributed by atoms with Crippen LogP contribution in [0.5, 0.6) is 0 Å². The Labute approximate surface area is 157 Å². The highest BCUT2D eigenvalue weighted by atomic mass is 127. The molecule has 1 atom stereocenters. The maximum absolute atomic E-state index is 5.79. The van der Waals surface area contributed by atoms with Crippen LogP contribution in [0, 0.1) is 6.92 Å². The molecule has 2 N–H and O–H groups in total. The minimum atomic E-state index is -0.0840. The molecule has 0 aliphatic carbocycles. The van der Waals surface area contributed by atoms with Crippen LogP contribution in [0.4, 0.5) is 0 Å². The smallest absolute Gasteiger partial charge is 0.191 e. The molecule has 1 aliphatic heterocycles. The molecule has 1 saturated heterocycles. The fourth-order valence-corrected chi connectivity index (χ4v) is 2.63. The normalized spacial score (nSPS) is 20.9. The minimum Gasteiger partial charge on any atom is -0.373 e. The van der Waals surface area contributed by atoms with Gasteiger partial charge in [-0.05, 0) is 45.6 Å². The molecule has 1 aromatic rings. The first-order chi connectivity index (χ1) is 10.6. The van der Waals surface area contributed by atoms with E-state index < -0.39 is 0 Å². The number of nitrogens with zero attached hydrogens (tertiary/aromatic N) is 1. The molecular formula is C18H30IN3O. The second kappa shape index (κ2) is 10.1. The van der Waals surface area contributed by atoms with E-state index >= 15 is 0 Å². The Morgan fingerprint density at radius 1 is 1.26 bits per heavy atom. The number of hydrogen-bond acceptors (Lipinski definition) is 2. The quantitative estimate of drug-likeness (QED) is 0.413. The summed E-state index contributed by atoms with van der Waals surface area (Å²) >= 11 is 0. The van der Waals surface area contributed by atoms with E-state index in [1.807, 2.05) is 0 Å². The van der Waals surface area contributed by atoms with Crippen molar-refractivity contribution in [3.63, 3.8) is 0 Å². The van der Waals surface area contributed by atoms with Gasteiger partial charge in [0, 0.05) is 19.7 Å². The van der Waals surface area contributed by atoms with Crippen molar-refractivity contribution in [2.45, 2.75) is 45.6 Å². The van der Waals surface area contributed by atoms with Crippen molar-refractivity contribution in [1.29, 1.82) is 0 Å². The number of aryl methyl sites for hydroxylation is 1. The van der Waals surface area contributed by atoms with Gasteiger partial charge in [-0.15, -0.1) is 24.0 Å². The summed E-state index contributed by atoms with van der Waals surface area (Å²) in [5, 5.41) is 6.71. The maximum atomic E-state index is 5.79. The van der Waals surface area contributed by atoms with Crippen molar-refractivity contribution in [2.75, 3.05) is 26.2 Å². The number of benzene rings is 1. The summed E-state index contributed by atoms with van der Waals surface area (Å²) in [5.41, 5.74) is 2.57. The highest BCUT2D eigenvalue weighted by molar-refractivity contribution is 14.0. The Hall–Kier alpha value is -0.820. The fourth-order valence-electron chi connectivity index (χ4n) is 2.63. The number of aliphatic imine (C=N–C) groups is 1. The molecule has 0 bridgehead atoms. The molecular weight excluding hydrogens is 401 g/mol. The molecule has 1 aliphatic rings. The van der Waals surface area contributed by atoms with Crippen molar-refractivity contribution in [1.82, 2.24) is 10.6 Å². The average molecular weight is 431 g/mol. The molecule has 0 aromatic heterocycles. The fraction of sp³-hybridized carbons (Fsp3) is 0.611. The van der Waals surface area contributed by atoms with Crippen LogP contribution in [0.1, 0.15) is 37.8 Å². The minimum absolute atomic E-state index is 0. The third-order valence-electron chi connectivity index (χ3n) is 4.04. The standard InChI is InChI=1S/C18H29N3O.HI/c1-4-19-17(21-14-18(3)11-5-13-22-18)20-12-10-16-8-6-15(2)7-9-16;/h6-9H,4-5,10-14H2,1-3H3,(H2,19,20,21);1H. The SMILES string of the molecule is CCNC(=NCC1(C)CCCO1)NCCc1ccc(C)cc1.I. The van der Waals surface area contributed by atoms with Gasteiger partial charge in [0.2, 0.25) is 0 Å². The number of halogens is 1. The zero-order valence-electron chi connectivity index (χ0n) is 14.5.